The van der Waals surface area contributed by atoms with Crippen molar-refractivity contribution in [1.82, 2.24) is 9.80 Å². The zero-order valence-corrected chi connectivity index (χ0v) is 14.7. The number of hydrogen-bond donors (Lipinski definition) is 0. The van der Waals surface area contributed by atoms with E-state index in [0.717, 1.165) is 44.9 Å². The first kappa shape index (κ1) is 17.4. The fourth-order valence-corrected chi connectivity index (χ4v) is 2.87. The van der Waals surface area contributed by atoms with E-state index in [9.17, 15) is 0 Å². The molecule has 0 bridgehead atoms. The number of hydrogen-bond acceptors (Lipinski definition) is 4. The van der Waals surface area contributed by atoms with Gasteiger partial charge >= 0.3 is 0 Å². The van der Waals surface area contributed by atoms with Gasteiger partial charge in [0.15, 0.2) is 11.5 Å². The van der Waals surface area contributed by atoms with Crippen LogP contribution in [0.3, 0.4) is 0 Å². The second-order valence-electron chi connectivity index (χ2n) is 5.77. The summed E-state index contributed by atoms with van der Waals surface area (Å²) < 4.78 is 11.5. The van der Waals surface area contributed by atoms with Crippen LogP contribution in [0, 0.1) is 0 Å². The van der Waals surface area contributed by atoms with Gasteiger partial charge < -0.3 is 14.4 Å². The Morgan fingerprint density at radius 2 is 1.82 bits per heavy atom. The highest BCUT2D eigenvalue weighted by Crippen LogP contribution is 2.37. The number of benzene rings is 1. The number of piperazine rings is 1. The molecule has 0 amide bonds. The van der Waals surface area contributed by atoms with E-state index in [4.69, 9.17) is 21.1 Å². The number of likely N-dealkylation sites (N-methyl/N-ethyl adjacent to an activating group) is 1. The molecule has 4 nitrogen and oxygen atoms in total. The predicted octanol–water partition coefficient (Wildman–Crippen LogP) is 3.27. The third-order valence-electron chi connectivity index (χ3n) is 3.82. The molecule has 2 rings (SSSR count). The maximum Gasteiger partial charge on any atom is 0.179 e. The van der Waals surface area contributed by atoms with Crippen molar-refractivity contribution in [2.45, 2.75) is 26.8 Å². The van der Waals surface area contributed by atoms with Crippen molar-refractivity contribution in [3.63, 3.8) is 0 Å². The van der Waals surface area contributed by atoms with E-state index in [-0.39, 0.29) is 0 Å². The zero-order chi connectivity index (χ0) is 15.9. The number of nitrogens with zero attached hydrogens (tertiary/aromatic N) is 2. The molecular weight excluding hydrogens is 300 g/mol. The van der Waals surface area contributed by atoms with Gasteiger partial charge in [-0.25, -0.2) is 0 Å². The Labute approximate surface area is 138 Å². The van der Waals surface area contributed by atoms with Gasteiger partial charge in [0.2, 0.25) is 0 Å². The van der Waals surface area contributed by atoms with Crippen LogP contribution in [0.25, 0.3) is 0 Å². The summed E-state index contributed by atoms with van der Waals surface area (Å²) in [6.07, 6.45) is 0.949. The van der Waals surface area contributed by atoms with E-state index in [2.05, 4.69) is 29.8 Å². The van der Waals surface area contributed by atoms with Crippen molar-refractivity contribution in [2.24, 2.45) is 0 Å². The molecule has 0 radical (unpaired) electrons. The lowest BCUT2D eigenvalue weighted by atomic mass is 10.1. The molecule has 1 aliphatic heterocycles. The van der Waals surface area contributed by atoms with E-state index in [0.29, 0.717) is 24.0 Å². The van der Waals surface area contributed by atoms with Gasteiger partial charge in [-0.1, -0.05) is 18.5 Å². The van der Waals surface area contributed by atoms with Crippen molar-refractivity contribution in [3.8, 4) is 11.5 Å². The molecule has 1 saturated heterocycles. The minimum absolute atomic E-state index is 0.608. The average molecular weight is 327 g/mol. The zero-order valence-electron chi connectivity index (χ0n) is 13.9. The molecule has 0 unspecified atom stereocenters. The fraction of sp³-hybridized carbons (Fsp3) is 0.647. The average Bonchev–Trinajstić information content (AvgIpc) is 2.49. The molecule has 0 N–H and O–H groups in total. The third kappa shape index (κ3) is 4.77. The van der Waals surface area contributed by atoms with Crippen LogP contribution in [0.15, 0.2) is 12.1 Å². The molecule has 1 aromatic carbocycles. The highest BCUT2D eigenvalue weighted by atomic mass is 35.5. The van der Waals surface area contributed by atoms with Crippen molar-refractivity contribution in [2.75, 3.05) is 46.4 Å². The van der Waals surface area contributed by atoms with Crippen LogP contribution >= 0.6 is 11.6 Å². The van der Waals surface area contributed by atoms with Crippen LogP contribution in [-0.2, 0) is 6.54 Å². The van der Waals surface area contributed by atoms with E-state index < -0.39 is 0 Å². The van der Waals surface area contributed by atoms with E-state index in [1.54, 1.807) is 0 Å². The van der Waals surface area contributed by atoms with Crippen LogP contribution in [0.5, 0.6) is 11.5 Å². The van der Waals surface area contributed by atoms with Gasteiger partial charge in [-0.3, -0.25) is 4.90 Å². The van der Waals surface area contributed by atoms with Crippen LogP contribution in [0.2, 0.25) is 5.02 Å². The summed E-state index contributed by atoms with van der Waals surface area (Å²) in [4.78, 5) is 4.81. The van der Waals surface area contributed by atoms with E-state index in [1.165, 1.54) is 5.56 Å². The standard InChI is InChI=1S/C17H27ClN2O2/c1-4-10-22-17-15(18)11-14(12-16(17)21-5-2)13-20-8-6-19(3)7-9-20/h11-12H,4-10,13H2,1-3H3. The lowest BCUT2D eigenvalue weighted by molar-refractivity contribution is 0.148. The summed E-state index contributed by atoms with van der Waals surface area (Å²) >= 11 is 6.42. The molecule has 1 aromatic rings. The molecule has 124 valence electrons. The Balaban J connectivity index is 2.11. The summed E-state index contributed by atoms with van der Waals surface area (Å²) in [7, 11) is 2.17. The maximum atomic E-state index is 6.42. The molecule has 5 heteroatoms. The van der Waals surface area contributed by atoms with E-state index >= 15 is 0 Å². The van der Waals surface area contributed by atoms with Crippen LogP contribution in [-0.4, -0.2) is 56.2 Å². The van der Waals surface area contributed by atoms with Gasteiger partial charge in [0, 0.05) is 32.7 Å². The maximum absolute atomic E-state index is 6.42. The lowest BCUT2D eigenvalue weighted by Gasteiger charge is -2.32. The summed E-state index contributed by atoms with van der Waals surface area (Å²) in [6, 6.07) is 4.08. The topological polar surface area (TPSA) is 24.9 Å². The fourth-order valence-electron chi connectivity index (χ4n) is 2.58. The van der Waals surface area contributed by atoms with Crippen molar-refractivity contribution >= 4 is 11.6 Å². The van der Waals surface area contributed by atoms with Crippen molar-refractivity contribution < 1.29 is 9.47 Å². The lowest BCUT2D eigenvalue weighted by Crippen LogP contribution is -2.43. The minimum atomic E-state index is 0.608. The third-order valence-corrected chi connectivity index (χ3v) is 4.10. The van der Waals surface area contributed by atoms with Crippen LogP contribution in [0.1, 0.15) is 25.8 Å². The first-order chi connectivity index (χ1) is 10.6. The van der Waals surface area contributed by atoms with Crippen LogP contribution in [0.4, 0.5) is 0 Å². The molecule has 0 aliphatic carbocycles. The van der Waals surface area contributed by atoms with Gasteiger partial charge in [0.25, 0.3) is 0 Å². The Morgan fingerprint density at radius 1 is 1.09 bits per heavy atom. The van der Waals surface area contributed by atoms with Crippen LogP contribution < -0.4 is 9.47 Å². The van der Waals surface area contributed by atoms with Gasteiger partial charge in [0.05, 0.1) is 18.2 Å². The predicted molar refractivity (Wildman–Crippen MR) is 91.2 cm³/mol. The normalized spacial score (nSPS) is 16.7. The SMILES string of the molecule is CCCOc1c(Cl)cc(CN2CCN(C)CC2)cc1OCC. The molecule has 1 aliphatic rings. The van der Waals surface area contributed by atoms with Gasteiger partial charge in [-0.15, -0.1) is 0 Å². The second-order valence-corrected chi connectivity index (χ2v) is 6.17. The molecule has 0 saturated carbocycles. The Hall–Kier alpha value is -0.970. The smallest absolute Gasteiger partial charge is 0.179 e. The number of halogens is 1. The number of ether oxygens (including phenoxy) is 2. The monoisotopic (exact) mass is 326 g/mol. The first-order valence-corrected chi connectivity index (χ1v) is 8.50. The molecule has 1 heterocycles. The van der Waals surface area contributed by atoms with E-state index in [1.807, 2.05) is 13.0 Å². The molecule has 1 fully saturated rings. The van der Waals surface area contributed by atoms with Gasteiger partial charge in [-0.2, -0.15) is 0 Å². The van der Waals surface area contributed by atoms with Crippen molar-refractivity contribution in [1.29, 1.82) is 0 Å². The molecule has 0 atom stereocenters. The molecule has 0 aromatic heterocycles. The molecular formula is C17H27ClN2O2. The van der Waals surface area contributed by atoms with Gasteiger partial charge in [-0.05, 0) is 38.1 Å². The van der Waals surface area contributed by atoms with Crippen molar-refractivity contribution in [3.05, 3.63) is 22.7 Å². The highest BCUT2D eigenvalue weighted by molar-refractivity contribution is 6.32. The summed E-state index contributed by atoms with van der Waals surface area (Å²) in [5.41, 5.74) is 1.18. The van der Waals surface area contributed by atoms with Gasteiger partial charge in [0.1, 0.15) is 0 Å². The molecule has 0 spiro atoms. The number of rotatable bonds is 7. The summed E-state index contributed by atoms with van der Waals surface area (Å²) in [5, 5.41) is 0.642. The summed E-state index contributed by atoms with van der Waals surface area (Å²) in [5.74, 6) is 1.43. The Kier molecular flexibility index (Phi) is 6.80. The largest absolute Gasteiger partial charge is 0.490 e. The Morgan fingerprint density at radius 3 is 2.45 bits per heavy atom. The Bertz CT molecular complexity index is 474. The highest BCUT2D eigenvalue weighted by Gasteiger charge is 2.17. The quantitative estimate of drug-likeness (QED) is 0.767. The second kappa shape index (κ2) is 8.61. The first-order valence-electron chi connectivity index (χ1n) is 8.13. The summed E-state index contributed by atoms with van der Waals surface area (Å²) in [6.45, 7) is 10.6. The minimum Gasteiger partial charge on any atom is -0.490 e. The molecule has 22 heavy (non-hydrogen) atoms.